The Kier molecular flexibility index (Phi) is 49.4. The van der Waals surface area contributed by atoms with Gasteiger partial charge in [-0.05, 0) is 19.3 Å². The number of aliphatic carboxylic acids is 2. The minimum absolute atomic E-state index is 0.0856. The van der Waals surface area contributed by atoms with Gasteiger partial charge in [0.15, 0.2) is 25.2 Å². The van der Waals surface area contributed by atoms with E-state index >= 15 is 0 Å². The van der Waals surface area contributed by atoms with Gasteiger partial charge in [-0.2, -0.15) is 0 Å². The first-order valence-electron chi connectivity index (χ1n) is 45.2. The Hall–Kier alpha value is -4.68. The molecular formula is C84H148N4O39. The van der Waals surface area contributed by atoms with E-state index in [9.17, 15) is 136 Å². The lowest BCUT2D eigenvalue weighted by molar-refractivity contribution is -0.404. The van der Waals surface area contributed by atoms with Crippen LogP contribution in [0.2, 0.25) is 0 Å². The monoisotopic (exact) mass is 1840 g/mol. The van der Waals surface area contributed by atoms with Crippen LogP contribution in [0.1, 0.15) is 227 Å². The highest BCUT2D eigenvalue weighted by atomic mass is 16.8. The average molecular weight is 1840 g/mol. The lowest BCUT2D eigenvalue weighted by Gasteiger charge is -2.53. The van der Waals surface area contributed by atoms with Crippen LogP contribution in [0.15, 0.2) is 12.2 Å². The fourth-order valence-electron chi connectivity index (χ4n) is 16.8. The van der Waals surface area contributed by atoms with E-state index < -0.39 is 302 Å². The van der Waals surface area contributed by atoms with Crippen LogP contribution in [0, 0.1) is 0 Å². The third-order valence-corrected chi connectivity index (χ3v) is 24.1. The van der Waals surface area contributed by atoms with Gasteiger partial charge in [0, 0.05) is 40.0 Å². The number of rotatable bonds is 59. The zero-order chi connectivity index (χ0) is 93.8. The van der Waals surface area contributed by atoms with Crippen molar-refractivity contribution in [2.45, 2.75) is 435 Å². The van der Waals surface area contributed by atoms with Gasteiger partial charge in [-0.3, -0.25) is 19.2 Å². The number of hydrogen-bond donors (Lipinski definition) is 25. The normalized spacial score (nSPS) is 35.1. The third kappa shape index (κ3) is 32.8. The second-order valence-corrected chi connectivity index (χ2v) is 34.3. The van der Waals surface area contributed by atoms with E-state index in [0.29, 0.717) is 12.8 Å². The highest BCUT2D eigenvalue weighted by molar-refractivity contribution is 5.78. The molecule has 0 radical (unpaired) electrons. The zero-order valence-electron chi connectivity index (χ0n) is 73.5. The topological polar surface area (TPSA) is 686 Å². The molecular weight excluding hydrogens is 1690 g/mol. The Bertz CT molecular complexity index is 3200. The van der Waals surface area contributed by atoms with E-state index in [1.807, 2.05) is 0 Å². The first-order valence-corrected chi connectivity index (χ1v) is 45.2. The summed E-state index contributed by atoms with van der Waals surface area (Å²) in [5.74, 6) is -14.5. The summed E-state index contributed by atoms with van der Waals surface area (Å²) in [6, 6.07) is -7.04. The molecule has 0 saturated carbocycles. The summed E-state index contributed by atoms with van der Waals surface area (Å²) in [6.07, 6.45) is -32.5. The van der Waals surface area contributed by atoms with Crippen molar-refractivity contribution in [1.82, 2.24) is 21.3 Å². The van der Waals surface area contributed by atoms with Gasteiger partial charge >= 0.3 is 11.9 Å². The van der Waals surface area contributed by atoms with Gasteiger partial charge in [-0.1, -0.05) is 180 Å². The predicted octanol–water partition coefficient (Wildman–Crippen LogP) is -3.87. The first kappa shape index (κ1) is 111. The molecule has 0 aromatic rings. The van der Waals surface area contributed by atoms with Crippen LogP contribution < -0.4 is 21.3 Å². The fourth-order valence-corrected chi connectivity index (χ4v) is 16.8. The van der Waals surface area contributed by atoms with Crippen molar-refractivity contribution < 1.29 is 193 Å². The molecule has 12 unspecified atom stereocenters. The van der Waals surface area contributed by atoms with Gasteiger partial charge in [0.05, 0.1) is 82.7 Å². The number of amides is 4. The van der Waals surface area contributed by atoms with Crippen LogP contribution in [0.4, 0.5) is 0 Å². The molecule has 43 heteroatoms. The summed E-state index contributed by atoms with van der Waals surface area (Å²) in [6.45, 7) is -0.958. The lowest BCUT2D eigenvalue weighted by Crippen LogP contribution is -2.72. The number of carboxylic acid groups (broad SMARTS) is 2. The molecule has 0 bridgehead atoms. The van der Waals surface area contributed by atoms with Gasteiger partial charge in [-0.15, -0.1) is 0 Å². The van der Waals surface area contributed by atoms with Crippen LogP contribution in [-0.2, 0) is 85.6 Å². The fraction of sp³-hybridized carbons (Fsp3) is 0.905. The molecule has 6 saturated heterocycles. The smallest absolute Gasteiger partial charge is 0.364 e. The second-order valence-electron chi connectivity index (χ2n) is 34.3. The molecule has 6 aliphatic heterocycles. The van der Waals surface area contributed by atoms with Gasteiger partial charge in [0.25, 0.3) is 11.6 Å². The number of ether oxygens (including phenoxy) is 12. The first-order chi connectivity index (χ1) is 60.5. The third-order valence-electron chi connectivity index (χ3n) is 24.1. The van der Waals surface area contributed by atoms with Crippen molar-refractivity contribution in [3.05, 3.63) is 12.2 Å². The molecule has 0 aliphatic carbocycles. The average Bonchev–Trinajstić information content (AvgIpc) is 0.745. The molecule has 6 rings (SSSR count). The van der Waals surface area contributed by atoms with Crippen LogP contribution in [0.5, 0.6) is 0 Å². The number of aliphatic hydroxyl groups is 19. The summed E-state index contributed by atoms with van der Waals surface area (Å²) in [7, 11) is 0. The van der Waals surface area contributed by atoms with E-state index in [2.05, 4.69) is 35.1 Å². The molecule has 738 valence electrons. The second kappa shape index (κ2) is 56.5. The van der Waals surface area contributed by atoms with Crippen LogP contribution in [-0.4, -0.2) is 396 Å². The lowest BCUT2D eigenvalue weighted by atomic mass is 9.88. The van der Waals surface area contributed by atoms with Crippen molar-refractivity contribution in [3.8, 4) is 0 Å². The van der Waals surface area contributed by atoms with Crippen LogP contribution in [0.25, 0.3) is 0 Å². The van der Waals surface area contributed by atoms with Crippen molar-refractivity contribution in [3.63, 3.8) is 0 Å². The molecule has 4 amide bonds. The number of allylic oxidation sites excluding steroid dienone is 1. The van der Waals surface area contributed by atoms with Crippen LogP contribution >= 0.6 is 0 Å². The number of carboxylic acids is 2. The number of aliphatic hydroxyl groups excluding tert-OH is 19. The largest absolute Gasteiger partial charge is 0.477 e. The molecule has 0 spiro atoms. The van der Waals surface area contributed by atoms with Crippen LogP contribution in [0.3, 0.4) is 0 Å². The summed E-state index contributed by atoms with van der Waals surface area (Å²) in [5.41, 5.74) is 0. The zero-order valence-corrected chi connectivity index (χ0v) is 73.5. The Morgan fingerprint density at radius 1 is 0.425 bits per heavy atom. The van der Waals surface area contributed by atoms with E-state index in [-0.39, 0.29) is 6.42 Å². The summed E-state index contributed by atoms with van der Waals surface area (Å²) >= 11 is 0. The van der Waals surface area contributed by atoms with Crippen molar-refractivity contribution >= 4 is 35.6 Å². The Morgan fingerprint density at radius 3 is 1.30 bits per heavy atom. The quantitative estimate of drug-likeness (QED) is 0.0205. The van der Waals surface area contributed by atoms with Gasteiger partial charge in [0.2, 0.25) is 23.6 Å². The number of hydrogen-bond acceptors (Lipinski definition) is 37. The maximum Gasteiger partial charge on any atom is 0.364 e. The van der Waals surface area contributed by atoms with E-state index in [1.54, 1.807) is 6.08 Å². The molecule has 127 heavy (non-hydrogen) atoms. The summed E-state index contributed by atoms with van der Waals surface area (Å²) in [5, 5.41) is 247. The molecule has 0 aromatic heterocycles. The van der Waals surface area contributed by atoms with E-state index in [0.717, 1.165) is 85.0 Å². The Morgan fingerprint density at radius 2 is 0.827 bits per heavy atom. The minimum atomic E-state index is -3.55. The predicted molar refractivity (Wildman–Crippen MR) is 440 cm³/mol. The number of carbonyl (C=O) groups excluding carboxylic acids is 4. The minimum Gasteiger partial charge on any atom is -0.477 e. The number of carbonyl (C=O) groups is 6. The van der Waals surface area contributed by atoms with E-state index in [4.69, 9.17) is 56.8 Å². The van der Waals surface area contributed by atoms with Crippen molar-refractivity contribution in [1.29, 1.82) is 0 Å². The Labute approximate surface area is 740 Å². The van der Waals surface area contributed by atoms with Crippen molar-refractivity contribution in [2.24, 2.45) is 0 Å². The van der Waals surface area contributed by atoms with Crippen molar-refractivity contribution in [2.75, 3.05) is 46.2 Å². The van der Waals surface area contributed by atoms with Gasteiger partial charge < -0.3 is 185 Å². The maximum atomic E-state index is 14.1. The molecule has 6 fully saturated rings. The molecule has 6 aliphatic rings. The highest BCUT2D eigenvalue weighted by Crippen LogP contribution is 2.43. The van der Waals surface area contributed by atoms with Gasteiger partial charge in [-0.25, -0.2) is 9.59 Å². The number of unbranched alkanes of at least 4 members (excludes halogenated alkanes) is 25. The summed E-state index contributed by atoms with van der Waals surface area (Å²) < 4.78 is 72.8. The standard InChI is InChI=1S/C84H148N4O39/c1-6-8-10-12-14-16-18-20-21-23-25-27-29-31-33-35-58(102)88-48(49(97)34-32-30-28-26-24-22-19-17-15-13-11-9-7-2)43-116-78-69(110)67(108)71(55(41-92)119-78)122-80-70(111)76(127-84(82(114)115)37-51(99)60(86-46(4)95)75(126-84)63(104)53(101)39-90)72(56(42-93)120-80)123-77-61(87-47(5)96)73(124-79-68(109)66(107)64(105)54(40-91)118-79)65(106)57(121-77)44-117-83(81(112)113)36-50(98)59(85-45(3)94)74(125-83)62(103)52(100)38-89/h32,34,48-57,59-80,89-93,97-101,103-111H,6-31,33,35-44H2,1-5H3,(H,85,94)(H,86,95)(H,87,96)(H,88,102)(H,112,113)(H,114,115)/b34-32+/t48-,49+,50?,51?,52+,53+,54?,55?,56?,57?,59+,60+,61?,62+,63+,64-,65-,66-,67+,68?,69?,70?,71+,72-,73+,74?,75?,76+,77-,78+,79-,80-,83+,84-/m0/s1. The summed E-state index contributed by atoms with van der Waals surface area (Å²) in [4.78, 5) is 80.1. The maximum absolute atomic E-state index is 14.1. The molecule has 6 heterocycles. The molecule has 0 aromatic carbocycles. The molecule has 43 nitrogen and oxygen atoms in total. The Balaban J connectivity index is 1.35. The van der Waals surface area contributed by atoms with Gasteiger partial charge in [0.1, 0.15) is 134 Å². The highest BCUT2D eigenvalue weighted by Gasteiger charge is 2.64. The van der Waals surface area contributed by atoms with E-state index in [1.165, 1.54) is 102 Å². The SMILES string of the molecule is CCCCCCCCCCCCC/C=C/[C@@H](O)[C@H](CO[C@@H]1OC(CO)[C@@H](O[C@@H]2OC(CO)[C@H](O[C@@H]3OC(CO[C@]4(C(=O)O)CC(O)[C@@H](NC(C)=O)C([C@H](O)[C@H](O)CO)O4)[C@H](O)[C@H](O[C@@H]4OC(CO)[C@H](O)[C@H](O)C4O)C3NC(C)=O)[C@H](O[C@]3(C(=O)O)CC(O)[C@@H](NC(C)=O)C([C@H](O)[C@H](O)CO)O3)C2O)[C@H](O)C1O)NC(=O)CCCCCCCCCCCCCCCCC. The molecule has 34 atom stereocenters. The number of nitrogens with one attached hydrogen (secondary N) is 4. The molecule has 25 N–H and O–H groups in total.